The number of hydrogen-bond donors (Lipinski definition) is 2. The Morgan fingerprint density at radius 1 is 1.25 bits per heavy atom. The summed E-state index contributed by atoms with van der Waals surface area (Å²) in [6.45, 7) is 6.56. The van der Waals surface area contributed by atoms with Gasteiger partial charge in [0.2, 0.25) is 5.88 Å². The first kappa shape index (κ1) is 19.3. The van der Waals surface area contributed by atoms with Gasteiger partial charge < -0.3 is 15.2 Å². The number of aromatic nitrogens is 2. The molecule has 4 aliphatic carbocycles. The number of H-pyrrole nitrogens is 1. The molecule has 1 atom stereocenters. The molecule has 0 aliphatic heterocycles. The van der Waals surface area contributed by atoms with Crippen LogP contribution in [0.2, 0.25) is 0 Å². The van der Waals surface area contributed by atoms with Crippen LogP contribution in [0.15, 0.2) is 10.9 Å². The number of nitrogens with one attached hydrogen (secondary N) is 1. The minimum atomic E-state index is -0.759. The Balaban J connectivity index is 1.57. The van der Waals surface area contributed by atoms with Crippen molar-refractivity contribution < 1.29 is 14.3 Å². The molecule has 0 aromatic carbocycles. The summed E-state index contributed by atoms with van der Waals surface area (Å²) in [5, 5.41) is 0. The molecule has 5 rings (SSSR count). The van der Waals surface area contributed by atoms with E-state index >= 15 is 0 Å². The number of nitrogens with two attached hydrogens (primary N) is 1. The van der Waals surface area contributed by atoms with E-state index in [2.05, 4.69) is 9.97 Å². The quantitative estimate of drug-likeness (QED) is 0.778. The summed E-state index contributed by atoms with van der Waals surface area (Å²) in [5.41, 5.74) is 4.94. The smallest absolute Gasteiger partial charge is 0.351 e. The lowest BCUT2D eigenvalue weighted by Crippen LogP contribution is -2.57. The molecule has 1 aromatic rings. The number of rotatable bonds is 6. The number of hydrogen-bond acceptors (Lipinski definition) is 5. The number of primary amides is 1. The Hall–Kier alpha value is -2.05. The molecule has 1 amide bonds. The Kier molecular flexibility index (Phi) is 4.67. The first-order valence-corrected chi connectivity index (χ1v) is 10.3. The molecular weight excluding hydrogens is 358 g/mol. The number of carbonyl (C=O) groups excluding carboxylic acids is 1. The SMILES string of the molecule is CC(C)(C)COc1cc(OC(C(N)=O)C23CC4CC(CC(C4)C2)C3)nc(=O)[nH]1. The lowest BCUT2D eigenvalue weighted by molar-refractivity contribution is -0.148. The van der Waals surface area contributed by atoms with E-state index in [0.29, 0.717) is 30.2 Å². The van der Waals surface area contributed by atoms with E-state index in [0.717, 1.165) is 19.3 Å². The monoisotopic (exact) mass is 389 g/mol. The van der Waals surface area contributed by atoms with Gasteiger partial charge in [0.25, 0.3) is 5.91 Å². The van der Waals surface area contributed by atoms with Gasteiger partial charge in [0.05, 0.1) is 12.7 Å². The average Bonchev–Trinajstić information content (AvgIpc) is 2.55. The third kappa shape index (κ3) is 3.89. The maximum Gasteiger partial charge on any atom is 0.351 e. The summed E-state index contributed by atoms with van der Waals surface area (Å²) in [4.78, 5) is 30.9. The molecule has 0 saturated heterocycles. The van der Waals surface area contributed by atoms with E-state index in [9.17, 15) is 9.59 Å². The molecular formula is C21H31N3O4. The second-order valence-corrected chi connectivity index (χ2v) is 10.4. The van der Waals surface area contributed by atoms with Crippen molar-refractivity contribution in [2.45, 2.75) is 65.4 Å². The van der Waals surface area contributed by atoms with E-state index in [1.54, 1.807) is 6.07 Å². The minimum Gasteiger partial charge on any atom is -0.478 e. The van der Waals surface area contributed by atoms with Crippen LogP contribution in [-0.2, 0) is 4.79 Å². The highest BCUT2D eigenvalue weighted by atomic mass is 16.5. The largest absolute Gasteiger partial charge is 0.478 e. The molecule has 28 heavy (non-hydrogen) atoms. The predicted octanol–water partition coefficient (Wildman–Crippen LogP) is 2.64. The molecule has 0 spiro atoms. The lowest BCUT2D eigenvalue weighted by atomic mass is 9.48. The summed E-state index contributed by atoms with van der Waals surface area (Å²) < 4.78 is 11.7. The van der Waals surface area contributed by atoms with Crippen LogP contribution in [0.4, 0.5) is 0 Å². The number of amides is 1. The summed E-state index contributed by atoms with van der Waals surface area (Å²) in [6.07, 6.45) is 5.96. The molecule has 4 fully saturated rings. The lowest BCUT2D eigenvalue weighted by Gasteiger charge is -2.58. The molecule has 1 heterocycles. The van der Waals surface area contributed by atoms with Gasteiger partial charge in [0, 0.05) is 5.41 Å². The molecule has 1 unspecified atom stereocenters. The van der Waals surface area contributed by atoms with Crippen LogP contribution in [0.3, 0.4) is 0 Å². The van der Waals surface area contributed by atoms with E-state index in [1.165, 1.54) is 19.3 Å². The number of aromatic amines is 1. The highest BCUT2D eigenvalue weighted by Crippen LogP contribution is 2.61. The summed E-state index contributed by atoms with van der Waals surface area (Å²) in [7, 11) is 0. The van der Waals surface area contributed by atoms with Crippen molar-refractivity contribution in [2.24, 2.45) is 34.3 Å². The van der Waals surface area contributed by atoms with Crippen LogP contribution in [0.25, 0.3) is 0 Å². The third-order valence-electron chi connectivity index (χ3n) is 6.50. The first-order chi connectivity index (χ1) is 13.1. The molecule has 4 aliphatic rings. The van der Waals surface area contributed by atoms with Gasteiger partial charge >= 0.3 is 5.69 Å². The van der Waals surface area contributed by atoms with Crippen molar-refractivity contribution in [2.75, 3.05) is 6.61 Å². The van der Waals surface area contributed by atoms with Crippen molar-refractivity contribution in [3.05, 3.63) is 16.6 Å². The molecule has 4 bridgehead atoms. The highest BCUT2D eigenvalue weighted by Gasteiger charge is 2.56. The van der Waals surface area contributed by atoms with Crippen LogP contribution >= 0.6 is 0 Å². The van der Waals surface area contributed by atoms with Crippen LogP contribution in [0.1, 0.15) is 59.3 Å². The van der Waals surface area contributed by atoms with Crippen LogP contribution in [0.5, 0.6) is 11.8 Å². The van der Waals surface area contributed by atoms with Crippen LogP contribution in [0, 0.1) is 28.6 Å². The van der Waals surface area contributed by atoms with Gasteiger partial charge in [-0.05, 0) is 61.7 Å². The van der Waals surface area contributed by atoms with Gasteiger partial charge in [0.1, 0.15) is 0 Å². The van der Waals surface area contributed by atoms with E-state index in [1.807, 2.05) is 20.8 Å². The standard InChI is InChI=1S/C21H31N3O4/c1-20(2,3)11-27-15-7-16(24-19(26)23-15)28-17(18(22)25)21-8-12-4-13(9-21)6-14(5-12)10-21/h7,12-14,17H,4-6,8-11H2,1-3H3,(H2,22,25)(H,23,24,26). The number of carbonyl (C=O) groups is 1. The van der Waals surface area contributed by atoms with Gasteiger partial charge in [0.15, 0.2) is 12.0 Å². The van der Waals surface area contributed by atoms with Crippen molar-refractivity contribution in [3.8, 4) is 11.8 Å². The van der Waals surface area contributed by atoms with Gasteiger partial charge in [-0.1, -0.05) is 20.8 Å². The molecule has 7 heteroatoms. The fourth-order valence-electron chi connectivity index (χ4n) is 5.95. The normalized spacial score (nSPS) is 32.2. The third-order valence-corrected chi connectivity index (χ3v) is 6.50. The van der Waals surface area contributed by atoms with Crippen molar-refractivity contribution in [1.82, 2.24) is 9.97 Å². The summed E-state index contributed by atoms with van der Waals surface area (Å²) in [6, 6.07) is 1.55. The predicted molar refractivity (Wildman–Crippen MR) is 104 cm³/mol. The Morgan fingerprint density at radius 3 is 2.32 bits per heavy atom. The van der Waals surface area contributed by atoms with Gasteiger partial charge in [-0.2, -0.15) is 4.98 Å². The van der Waals surface area contributed by atoms with Gasteiger partial charge in [-0.25, -0.2) is 4.79 Å². The zero-order valence-electron chi connectivity index (χ0n) is 17.0. The minimum absolute atomic E-state index is 0.0594. The molecule has 154 valence electrons. The summed E-state index contributed by atoms with van der Waals surface area (Å²) in [5.74, 6) is 1.91. The second kappa shape index (κ2) is 6.78. The van der Waals surface area contributed by atoms with Crippen molar-refractivity contribution >= 4 is 5.91 Å². The highest BCUT2D eigenvalue weighted by molar-refractivity contribution is 5.80. The van der Waals surface area contributed by atoms with Crippen molar-refractivity contribution in [1.29, 1.82) is 0 Å². The van der Waals surface area contributed by atoms with Crippen molar-refractivity contribution in [3.63, 3.8) is 0 Å². The van der Waals surface area contributed by atoms with Gasteiger partial charge in [-0.15, -0.1) is 0 Å². The second-order valence-electron chi connectivity index (χ2n) is 10.4. The summed E-state index contributed by atoms with van der Waals surface area (Å²) >= 11 is 0. The van der Waals surface area contributed by atoms with E-state index < -0.39 is 17.7 Å². The average molecular weight is 389 g/mol. The molecule has 0 radical (unpaired) electrons. The molecule has 3 N–H and O–H groups in total. The van der Waals surface area contributed by atoms with Crippen LogP contribution in [-0.4, -0.2) is 28.6 Å². The topological polar surface area (TPSA) is 107 Å². The molecule has 1 aromatic heterocycles. The van der Waals surface area contributed by atoms with E-state index in [4.69, 9.17) is 15.2 Å². The van der Waals surface area contributed by atoms with E-state index in [-0.39, 0.29) is 16.7 Å². The first-order valence-electron chi connectivity index (χ1n) is 10.3. The molecule has 7 nitrogen and oxygen atoms in total. The number of nitrogens with zero attached hydrogens (tertiary/aromatic N) is 1. The fourth-order valence-corrected chi connectivity index (χ4v) is 5.95. The number of ether oxygens (including phenoxy) is 2. The Bertz CT molecular complexity index is 775. The van der Waals surface area contributed by atoms with Crippen LogP contribution < -0.4 is 20.9 Å². The zero-order chi connectivity index (χ0) is 20.1. The maximum atomic E-state index is 12.4. The Morgan fingerprint density at radius 2 is 1.82 bits per heavy atom. The Labute approximate surface area is 165 Å². The fraction of sp³-hybridized carbons (Fsp3) is 0.762. The molecule has 4 saturated carbocycles. The van der Waals surface area contributed by atoms with Gasteiger partial charge in [-0.3, -0.25) is 9.78 Å². The maximum absolute atomic E-state index is 12.4. The zero-order valence-corrected chi connectivity index (χ0v) is 17.0.